The number of carboxylic acid groups (broad SMARTS) is 1. The Labute approximate surface area is 115 Å². The third-order valence-corrected chi connectivity index (χ3v) is 3.81. The predicted octanol–water partition coefficient (Wildman–Crippen LogP) is 3.57. The van der Waals surface area contributed by atoms with Crippen molar-refractivity contribution in [3.05, 3.63) is 33.3 Å². The monoisotopic (exact) mass is 319 g/mol. The summed E-state index contributed by atoms with van der Waals surface area (Å²) >= 11 is 9.49. The van der Waals surface area contributed by atoms with Crippen LogP contribution in [0.3, 0.4) is 0 Å². The Morgan fingerprint density at radius 1 is 1.47 bits per heavy atom. The highest BCUT2D eigenvalue weighted by atomic mass is 79.9. The Morgan fingerprint density at radius 2 is 2.06 bits per heavy atom. The van der Waals surface area contributed by atoms with Crippen LogP contribution >= 0.6 is 27.5 Å². The third kappa shape index (κ3) is 3.44. The number of carbonyl (C=O) groups is 1. The van der Waals surface area contributed by atoms with Gasteiger partial charge in [0.2, 0.25) is 0 Å². The van der Waals surface area contributed by atoms with E-state index in [4.69, 9.17) is 16.7 Å². The number of nitrogens with zero attached hydrogens (tertiary/aromatic N) is 1. The van der Waals surface area contributed by atoms with Crippen LogP contribution < -0.4 is 0 Å². The van der Waals surface area contributed by atoms with Crippen molar-refractivity contribution < 1.29 is 9.90 Å². The van der Waals surface area contributed by atoms with Gasteiger partial charge in [-0.3, -0.25) is 9.69 Å². The molecule has 0 aliphatic carbocycles. The average Bonchev–Trinajstić information content (AvgIpc) is 2.26. The SMILES string of the molecule is CC(C(=O)O)N(C)C(C)c1ccc(Br)cc1Cl. The highest BCUT2D eigenvalue weighted by Gasteiger charge is 2.23. The number of likely N-dealkylation sites (N-methyl/N-ethyl adjacent to an activating group) is 1. The average molecular weight is 321 g/mol. The van der Waals surface area contributed by atoms with E-state index in [1.54, 1.807) is 18.9 Å². The molecule has 0 aromatic heterocycles. The molecule has 0 aliphatic heterocycles. The summed E-state index contributed by atoms with van der Waals surface area (Å²) in [6.45, 7) is 3.60. The van der Waals surface area contributed by atoms with E-state index in [1.165, 1.54) is 0 Å². The standard InChI is InChI=1S/C12H15BrClNO2/c1-7(15(3)8(2)12(16)17)10-5-4-9(13)6-11(10)14/h4-8H,1-3H3,(H,16,17). The van der Waals surface area contributed by atoms with Crippen LogP contribution in [0.5, 0.6) is 0 Å². The van der Waals surface area contributed by atoms with Gasteiger partial charge in [-0.1, -0.05) is 33.6 Å². The van der Waals surface area contributed by atoms with Crippen LogP contribution in [-0.4, -0.2) is 29.1 Å². The van der Waals surface area contributed by atoms with Crippen LogP contribution in [0.1, 0.15) is 25.5 Å². The minimum absolute atomic E-state index is 0.0540. The molecule has 94 valence electrons. The topological polar surface area (TPSA) is 40.5 Å². The first-order valence-corrected chi connectivity index (χ1v) is 6.41. The molecule has 0 amide bonds. The third-order valence-electron chi connectivity index (χ3n) is 2.99. The van der Waals surface area contributed by atoms with E-state index < -0.39 is 12.0 Å². The second kappa shape index (κ2) is 5.85. The Morgan fingerprint density at radius 3 is 2.53 bits per heavy atom. The van der Waals surface area contributed by atoms with Crippen molar-refractivity contribution in [2.45, 2.75) is 25.9 Å². The quantitative estimate of drug-likeness (QED) is 0.922. The van der Waals surface area contributed by atoms with Gasteiger partial charge in [0.05, 0.1) is 0 Å². The van der Waals surface area contributed by atoms with Crippen molar-refractivity contribution in [3.8, 4) is 0 Å². The molecule has 2 atom stereocenters. The molecule has 1 rings (SSSR count). The molecule has 0 heterocycles. The molecular weight excluding hydrogens is 305 g/mol. The van der Waals surface area contributed by atoms with E-state index in [1.807, 2.05) is 25.1 Å². The minimum Gasteiger partial charge on any atom is -0.480 e. The first kappa shape index (κ1) is 14.5. The predicted molar refractivity (Wildman–Crippen MR) is 72.4 cm³/mol. The van der Waals surface area contributed by atoms with E-state index in [0.717, 1.165) is 10.0 Å². The summed E-state index contributed by atoms with van der Waals surface area (Å²) in [4.78, 5) is 12.7. The van der Waals surface area contributed by atoms with E-state index in [2.05, 4.69) is 15.9 Å². The number of rotatable bonds is 4. The Kier molecular flexibility index (Phi) is 4.98. The van der Waals surface area contributed by atoms with Gasteiger partial charge in [0.25, 0.3) is 0 Å². The van der Waals surface area contributed by atoms with Crippen LogP contribution in [0.15, 0.2) is 22.7 Å². The van der Waals surface area contributed by atoms with Crippen molar-refractivity contribution in [2.75, 3.05) is 7.05 Å². The Balaban J connectivity index is 2.96. The normalized spacial score (nSPS) is 14.7. The molecule has 0 radical (unpaired) electrons. The van der Waals surface area contributed by atoms with Gasteiger partial charge >= 0.3 is 5.97 Å². The zero-order chi connectivity index (χ0) is 13.2. The van der Waals surface area contributed by atoms with Crippen molar-refractivity contribution in [2.24, 2.45) is 0 Å². The first-order chi connectivity index (χ1) is 7.84. The summed E-state index contributed by atoms with van der Waals surface area (Å²) in [5.74, 6) is -0.840. The first-order valence-electron chi connectivity index (χ1n) is 5.24. The second-order valence-corrected chi connectivity index (χ2v) is 5.34. The zero-order valence-electron chi connectivity index (χ0n) is 9.95. The highest BCUT2D eigenvalue weighted by Crippen LogP contribution is 2.29. The highest BCUT2D eigenvalue weighted by molar-refractivity contribution is 9.10. The lowest BCUT2D eigenvalue weighted by Gasteiger charge is -2.29. The number of halogens is 2. The van der Waals surface area contributed by atoms with Crippen molar-refractivity contribution in [1.29, 1.82) is 0 Å². The molecule has 0 spiro atoms. The molecule has 0 saturated heterocycles. The largest absolute Gasteiger partial charge is 0.480 e. The number of hydrogen-bond acceptors (Lipinski definition) is 2. The summed E-state index contributed by atoms with van der Waals surface area (Å²) < 4.78 is 0.910. The molecule has 0 saturated carbocycles. The maximum absolute atomic E-state index is 10.9. The van der Waals surface area contributed by atoms with Gasteiger partial charge in [0.1, 0.15) is 6.04 Å². The van der Waals surface area contributed by atoms with Gasteiger partial charge in [-0.15, -0.1) is 0 Å². The maximum atomic E-state index is 10.9. The fraction of sp³-hybridized carbons (Fsp3) is 0.417. The number of carboxylic acids is 1. The summed E-state index contributed by atoms with van der Waals surface area (Å²) in [5.41, 5.74) is 0.922. The molecule has 0 aliphatic rings. The van der Waals surface area contributed by atoms with Crippen LogP contribution in [0.25, 0.3) is 0 Å². The maximum Gasteiger partial charge on any atom is 0.320 e. The summed E-state index contributed by atoms with van der Waals surface area (Å²) in [6.07, 6.45) is 0. The zero-order valence-corrected chi connectivity index (χ0v) is 12.3. The van der Waals surface area contributed by atoms with Gasteiger partial charge in [-0.25, -0.2) is 0 Å². The van der Waals surface area contributed by atoms with E-state index in [-0.39, 0.29) is 6.04 Å². The molecule has 0 bridgehead atoms. The number of hydrogen-bond donors (Lipinski definition) is 1. The molecule has 17 heavy (non-hydrogen) atoms. The molecule has 2 unspecified atom stereocenters. The molecular formula is C12H15BrClNO2. The van der Waals surface area contributed by atoms with Gasteiger partial charge in [-0.2, -0.15) is 0 Å². The van der Waals surface area contributed by atoms with Crippen molar-refractivity contribution in [1.82, 2.24) is 4.90 Å². The Hall–Kier alpha value is -0.580. The van der Waals surface area contributed by atoms with Gasteiger partial charge in [-0.05, 0) is 38.6 Å². The van der Waals surface area contributed by atoms with Gasteiger partial charge in [0.15, 0.2) is 0 Å². The Bertz CT molecular complexity index is 425. The van der Waals surface area contributed by atoms with Crippen LogP contribution in [0.4, 0.5) is 0 Å². The lowest BCUT2D eigenvalue weighted by Crippen LogP contribution is -2.37. The smallest absolute Gasteiger partial charge is 0.320 e. The van der Waals surface area contributed by atoms with Crippen LogP contribution in [0, 0.1) is 0 Å². The molecule has 3 nitrogen and oxygen atoms in total. The minimum atomic E-state index is -0.840. The van der Waals surface area contributed by atoms with Crippen LogP contribution in [-0.2, 0) is 4.79 Å². The van der Waals surface area contributed by atoms with E-state index >= 15 is 0 Å². The van der Waals surface area contributed by atoms with Crippen molar-refractivity contribution in [3.63, 3.8) is 0 Å². The van der Waals surface area contributed by atoms with Gasteiger partial charge < -0.3 is 5.11 Å². The molecule has 1 aromatic rings. The summed E-state index contributed by atoms with van der Waals surface area (Å²) in [5, 5.41) is 9.61. The van der Waals surface area contributed by atoms with E-state index in [9.17, 15) is 4.79 Å². The lowest BCUT2D eigenvalue weighted by atomic mass is 10.1. The van der Waals surface area contributed by atoms with Crippen molar-refractivity contribution >= 4 is 33.5 Å². The molecule has 1 aromatic carbocycles. The second-order valence-electron chi connectivity index (χ2n) is 4.02. The van der Waals surface area contributed by atoms with Gasteiger partial charge in [0, 0.05) is 15.5 Å². The fourth-order valence-corrected chi connectivity index (χ4v) is 2.40. The lowest BCUT2D eigenvalue weighted by molar-refractivity contribution is -0.142. The summed E-state index contributed by atoms with van der Waals surface area (Å²) in [7, 11) is 1.78. The molecule has 1 N–H and O–H groups in total. The van der Waals surface area contributed by atoms with E-state index in [0.29, 0.717) is 5.02 Å². The summed E-state index contributed by atoms with van der Waals surface area (Å²) in [6, 6.07) is 5.01. The van der Waals surface area contributed by atoms with Crippen LogP contribution in [0.2, 0.25) is 5.02 Å². The molecule has 0 fully saturated rings. The number of benzene rings is 1. The molecule has 5 heteroatoms. The fourth-order valence-electron chi connectivity index (χ4n) is 1.57. The number of aliphatic carboxylic acids is 1.